The van der Waals surface area contributed by atoms with Crippen LogP contribution in [0.15, 0.2) is 48.5 Å². The van der Waals surface area contributed by atoms with Crippen LogP contribution < -0.4 is 5.32 Å². The van der Waals surface area contributed by atoms with E-state index < -0.39 is 0 Å². The summed E-state index contributed by atoms with van der Waals surface area (Å²) in [6.45, 7) is 3.29. The van der Waals surface area contributed by atoms with Gasteiger partial charge in [0.1, 0.15) is 0 Å². The molecule has 1 aliphatic rings. The lowest BCUT2D eigenvalue weighted by atomic mass is 9.95. The van der Waals surface area contributed by atoms with Crippen molar-refractivity contribution in [3.8, 4) is 0 Å². The van der Waals surface area contributed by atoms with Crippen LogP contribution >= 0.6 is 11.6 Å². The maximum atomic E-state index is 12.5. The van der Waals surface area contributed by atoms with Crippen molar-refractivity contribution >= 4 is 29.1 Å². The summed E-state index contributed by atoms with van der Waals surface area (Å²) in [5, 5.41) is 3.57. The number of hydrogen-bond acceptors (Lipinski definition) is 2. The van der Waals surface area contributed by atoms with Crippen molar-refractivity contribution < 1.29 is 9.59 Å². The Hall–Kier alpha value is -2.33. The molecule has 3 rings (SSSR count). The fourth-order valence-electron chi connectivity index (χ4n) is 3.16. The second kappa shape index (κ2) is 8.37. The maximum absolute atomic E-state index is 12.5. The fourth-order valence-corrected chi connectivity index (χ4v) is 3.29. The van der Waals surface area contributed by atoms with Crippen molar-refractivity contribution in [2.24, 2.45) is 5.92 Å². The number of benzene rings is 2. The van der Waals surface area contributed by atoms with E-state index in [1.807, 2.05) is 36.1 Å². The quantitative estimate of drug-likeness (QED) is 0.882. The molecule has 136 valence electrons. The Bertz CT molecular complexity index is 696. The van der Waals surface area contributed by atoms with Crippen LogP contribution in [0.1, 0.15) is 24.0 Å². The number of nitrogens with zero attached hydrogens (tertiary/aromatic N) is 1. The molecular weight excluding hydrogens is 348 g/mol. The molecule has 0 saturated carbocycles. The molecule has 5 heteroatoms. The Labute approximate surface area is 159 Å². The van der Waals surface area contributed by atoms with Crippen LogP contribution in [0.2, 0.25) is 5.02 Å². The molecular formula is C21H23ClN2O2. The Morgan fingerprint density at radius 1 is 1.04 bits per heavy atom. The largest absolute Gasteiger partial charge is 0.342 e. The second-order valence-corrected chi connectivity index (χ2v) is 7.25. The van der Waals surface area contributed by atoms with Gasteiger partial charge in [-0.3, -0.25) is 9.59 Å². The number of carbonyl (C=O) groups is 2. The molecule has 4 nitrogen and oxygen atoms in total. The number of carbonyl (C=O) groups excluding carboxylic acids is 2. The molecule has 1 N–H and O–H groups in total. The molecule has 2 aromatic carbocycles. The zero-order valence-electron chi connectivity index (χ0n) is 14.9. The van der Waals surface area contributed by atoms with Gasteiger partial charge in [-0.25, -0.2) is 0 Å². The maximum Gasteiger partial charge on any atom is 0.227 e. The molecule has 0 aromatic heterocycles. The number of aryl methyl sites for hydroxylation is 1. The lowest BCUT2D eigenvalue weighted by Gasteiger charge is -2.31. The van der Waals surface area contributed by atoms with Crippen LogP contribution in [0, 0.1) is 12.8 Å². The summed E-state index contributed by atoms with van der Waals surface area (Å²) >= 11 is 5.86. The number of amides is 2. The fraction of sp³-hybridized carbons (Fsp3) is 0.333. The van der Waals surface area contributed by atoms with Crippen molar-refractivity contribution in [2.75, 3.05) is 18.4 Å². The Kier molecular flexibility index (Phi) is 5.94. The van der Waals surface area contributed by atoms with Crippen molar-refractivity contribution in [1.82, 2.24) is 4.90 Å². The van der Waals surface area contributed by atoms with Crippen LogP contribution in [0.25, 0.3) is 0 Å². The molecule has 0 atom stereocenters. The molecule has 26 heavy (non-hydrogen) atoms. The highest BCUT2D eigenvalue weighted by Crippen LogP contribution is 2.21. The van der Waals surface area contributed by atoms with Crippen LogP contribution in [0.4, 0.5) is 5.69 Å². The van der Waals surface area contributed by atoms with Gasteiger partial charge in [-0.2, -0.15) is 0 Å². The number of likely N-dealkylation sites (tertiary alicyclic amines) is 1. The third-order valence-electron chi connectivity index (χ3n) is 4.81. The van der Waals surface area contributed by atoms with Crippen molar-refractivity contribution in [1.29, 1.82) is 0 Å². The average molecular weight is 371 g/mol. The van der Waals surface area contributed by atoms with E-state index in [0.29, 0.717) is 37.4 Å². The number of piperidine rings is 1. The minimum absolute atomic E-state index is 0.0120. The summed E-state index contributed by atoms with van der Waals surface area (Å²) in [4.78, 5) is 26.7. The predicted molar refractivity (Wildman–Crippen MR) is 104 cm³/mol. The van der Waals surface area contributed by atoms with Gasteiger partial charge in [0.2, 0.25) is 11.8 Å². The van der Waals surface area contributed by atoms with E-state index in [2.05, 4.69) is 5.32 Å². The number of anilines is 1. The van der Waals surface area contributed by atoms with Crippen LogP contribution in [0.5, 0.6) is 0 Å². The van der Waals surface area contributed by atoms with E-state index in [0.717, 1.165) is 11.3 Å². The molecule has 0 bridgehead atoms. The molecule has 1 heterocycles. The zero-order valence-corrected chi connectivity index (χ0v) is 15.6. The first-order valence-electron chi connectivity index (χ1n) is 8.91. The molecule has 0 unspecified atom stereocenters. The van der Waals surface area contributed by atoms with Gasteiger partial charge in [-0.05, 0) is 49.6 Å². The lowest BCUT2D eigenvalue weighted by molar-refractivity contribution is -0.133. The normalized spacial score (nSPS) is 14.9. The third kappa shape index (κ3) is 4.85. The molecule has 2 amide bonds. The van der Waals surface area contributed by atoms with Gasteiger partial charge < -0.3 is 10.2 Å². The topological polar surface area (TPSA) is 49.4 Å². The number of hydrogen-bond donors (Lipinski definition) is 1. The Balaban J connectivity index is 1.48. The highest BCUT2D eigenvalue weighted by Gasteiger charge is 2.27. The standard InChI is InChI=1S/C21H23ClN2O2/c1-15-2-4-16(5-3-15)14-20(25)24-12-10-17(11-13-24)21(26)23-19-8-6-18(22)7-9-19/h2-9,17H,10-14H2,1H3,(H,23,26). The molecule has 1 aliphatic heterocycles. The van der Waals surface area contributed by atoms with Gasteiger partial charge in [0.25, 0.3) is 0 Å². The molecule has 1 saturated heterocycles. The molecule has 2 aromatic rings. The smallest absolute Gasteiger partial charge is 0.227 e. The third-order valence-corrected chi connectivity index (χ3v) is 5.06. The minimum atomic E-state index is -0.0610. The van der Waals surface area contributed by atoms with Gasteiger partial charge in [0.15, 0.2) is 0 Å². The lowest BCUT2D eigenvalue weighted by Crippen LogP contribution is -2.42. The highest BCUT2D eigenvalue weighted by molar-refractivity contribution is 6.30. The van der Waals surface area contributed by atoms with Crippen molar-refractivity contribution in [2.45, 2.75) is 26.2 Å². The highest BCUT2D eigenvalue weighted by atomic mass is 35.5. The van der Waals surface area contributed by atoms with Crippen molar-refractivity contribution in [3.63, 3.8) is 0 Å². The Morgan fingerprint density at radius 3 is 2.27 bits per heavy atom. The first-order valence-corrected chi connectivity index (χ1v) is 9.29. The van der Waals surface area contributed by atoms with E-state index in [1.165, 1.54) is 5.56 Å². The van der Waals surface area contributed by atoms with Crippen LogP contribution in [-0.2, 0) is 16.0 Å². The van der Waals surface area contributed by atoms with Gasteiger partial charge in [0, 0.05) is 29.7 Å². The van der Waals surface area contributed by atoms with E-state index in [4.69, 9.17) is 11.6 Å². The second-order valence-electron chi connectivity index (χ2n) is 6.81. The van der Waals surface area contributed by atoms with E-state index >= 15 is 0 Å². The summed E-state index contributed by atoms with van der Waals surface area (Å²) in [5.74, 6) is 0.0810. The van der Waals surface area contributed by atoms with Crippen molar-refractivity contribution in [3.05, 3.63) is 64.7 Å². The molecule has 1 fully saturated rings. The molecule has 0 radical (unpaired) electrons. The summed E-state index contributed by atoms with van der Waals surface area (Å²) in [6, 6.07) is 15.1. The predicted octanol–water partition coefficient (Wildman–Crippen LogP) is 4.07. The van der Waals surface area contributed by atoms with E-state index in [1.54, 1.807) is 24.3 Å². The first kappa shape index (κ1) is 18.5. The minimum Gasteiger partial charge on any atom is -0.342 e. The van der Waals surface area contributed by atoms with Gasteiger partial charge in [-0.1, -0.05) is 41.4 Å². The van der Waals surface area contributed by atoms with E-state index in [9.17, 15) is 9.59 Å². The summed E-state index contributed by atoms with van der Waals surface area (Å²) in [5.41, 5.74) is 2.97. The van der Waals surface area contributed by atoms with Crippen LogP contribution in [-0.4, -0.2) is 29.8 Å². The number of halogens is 1. The summed E-state index contributed by atoms with van der Waals surface area (Å²) in [6.07, 6.45) is 1.81. The SMILES string of the molecule is Cc1ccc(CC(=O)N2CCC(C(=O)Nc3ccc(Cl)cc3)CC2)cc1. The van der Waals surface area contributed by atoms with E-state index in [-0.39, 0.29) is 17.7 Å². The average Bonchev–Trinajstić information content (AvgIpc) is 2.65. The number of nitrogens with one attached hydrogen (secondary N) is 1. The zero-order chi connectivity index (χ0) is 18.5. The van der Waals surface area contributed by atoms with Crippen LogP contribution in [0.3, 0.4) is 0 Å². The van der Waals surface area contributed by atoms with Gasteiger partial charge in [0.05, 0.1) is 6.42 Å². The first-order chi connectivity index (χ1) is 12.5. The molecule has 0 aliphatic carbocycles. The summed E-state index contributed by atoms with van der Waals surface area (Å²) in [7, 11) is 0. The monoisotopic (exact) mass is 370 g/mol. The van der Waals surface area contributed by atoms with Gasteiger partial charge >= 0.3 is 0 Å². The number of rotatable bonds is 4. The summed E-state index contributed by atoms with van der Waals surface area (Å²) < 4.78 is 0. The van der Waals surface area contributed by atoms with Gasteiger partial charge in [-0.15, -0.1) is 0 Å². The Morgan fingerprint density at radius 2 is 1.65 bits per heavy atom. The molecule has 0 spiro atoms.